The van der Waals surface area contributed by atoms with Gasteiger partial charge >= 0.3 is 0 Å². The zero-order chi connectivity index (χ0) is 19.1. The van der Waals surface area contributed by atoms with E-state index in [4.69, 9.17) is 9.47 Å². The number of rotatable bonds is 5. The van der Waals surface area contributed by atoms with E-state index in [1.54, 1.807) is 42.4 Å². The number of ether oxygens (including phenoxy) is 2. The average Bonchev–Trinajstić information content (AvgIpc) is 2.73. The molecule has 0 aromatic heterocycles. The number of anilines is 1. The first kappa shape index (κ1) is 18.7. The molecular formula is C21H22N2O4. The van der Waals surface area contributed by atoms with Crippen LogP contribution in [0.1, 0.15) is 15.9 Å². The molecule has 0 unspecified atom stereocenters. The molecule has 2 aromatic rings. The summed E-state index contributed by atoms with van der Waals surface area (Å²) in [5.74, 6) is 0.355. The van der Waals surface area contributed by atoms with Gasteiger partial charge in [-0.1, -0.05) is 24.3 Å². The van der Waals surface area contributed by atoms with E-state index < -0.39 is 0 Å². The van der Waals surface area contributed by atoms with Crippen molar-refractivity contribution in [1.82, 2.24) is 4.90 Å². The molecule has 0 spiro atoms. The van der Waals surface area contributed by atoms with Crippen LogP contribution in [-0.2, 0) is 9.53 Å². The van der Waals surface area contributed by atoms with Gasteiger partial charge in [0.25, 0.3) is 5.91 Å². The number of nitrogens with one attached hydrogen (secondary N) is 1. The zero-order valence-corrected chi connectivity index (χ0v) is 15.2. The summed E-state index contributed by atoms with van der Waals surface area (Å²) in [5.41, 5.74) is 1.85. The van der Waals surface area contributed by atoms with Crippen LogP contribution in [0.5, 0.6) is 5.75 Å². The molecule has 2 aromatic carbocycles. The Kier molecular flexibility index (Phi) is 6.22. The molecule has 27 heavy (non-hydrogen) atoms. The Labute approximate surface area is 158 Å². The first-order valence-electron chi connectivity index (χ1n) is 8.76. The van der Waals surface area contributed by atoms with Gasteiger partial charge in [0, 0.05) is 19.2 Å². The summed E-state index contributed by atoms with van der Waals surface area (Å²) in [6.07, 6.45) is 3.15. The summed E-state index contributed by atoms with van der Waals surface area (Å²) in [4.78, 5) is 26.8. The van der Waals surface area contributed by atoms with Crippen molar-refractivity contribution in [3.05, 3.63) is 65.7 Å². The lowest BCUT2D eigenvalue weighted by Gasteiger charge is -2.27. The van der Waals surface area contributed by atoms with Crippen LogP contribution in [-0.4, -0.2) is 50.1 Å². The molecule has 0 saturated carbocycles. The number of hydrogen-bond acceptors (Lipinski definition) is 4. The average molecular weight is 366 g/mol. The molecular weight excluding hydrogens is 344 g/mol. The summed E-state index contributed by atoms with van der Waals surface area (Å²) in [7, 11) is 1.61. The van der Waals surface area contributed by atoms with Gasteiger partial charge in [0.1, 0.15) is 5.75 Å². The van der Waals surface area contributed by atoms with Gasteiger partial charge in [0.15, 0.2) is 0 Å². The van der Waals surface area contributed by atoms with Crippen molar-refractivity contribution < 1.29 is 19.1 Å². The van der Waals surface area contributed by atoms with Crippen molar-refractivity contribution in [1.29, 1.82) is 0 Å². The van der Waals surface area contributed by atoms with E-state index in [0.29, 0.717) is 37.6 Å². The third-order valence-electron chi connectivity index (χ3n) is 4.26. The van der Waals surface area contributed by atoms with Crippen LogP contribution in [0.2, 0.25) is 0 Å². The van der Waals surface area contributed by atoms with Crippen molar-refractivity contribution in [2.45, 2.75) is 0 Å². The van der Waals surface area contributed by atoms with Crippen molar-refractivity contribution in [2.75, 3.05) is 38.7 Å². The smallest absolute Gasteiger partial charge is 0.256 e. The van der Waals surface area contributed by atoms with Crippen LogP contribution in [0.4, 0.5) is 5.69 Å². The van der Waals surface area contributed by atoms with E-state index in [9.17, 15) is 9.59 Å². The molecule has 1 N–H and O–H groups in total. The minimum atomic E-state index is -0.298. The lowest BCUT2D eigenvalue weighted by Crippen LogP contribution is -2.41. The van der Waals surface area contributed by atoms with Gasteiger partial charge in [-0.3, -0.25) is 9.59 Å². The molecule has 0 bridgehead atoms. The fourth-order valence-corrected chi connectivity index (χ4v) is 2.78. The first-order valence-corrected chi connectivity index (χ1v) is 8.76. The molecule has 2 amide bonds. The SMILES string of the molecule is COc1ccc(/C=C/C(=O)Nc2ccccc2C(=O)N2CCOCC2)cc1. The lowest BCUT2D eigenvalue weighted by molar-refractivity contribution is -0.111. The Morgan fingerprint density at radius 3 is 2.48 bits per heavy atom. The van der Waals surface area contributed by atoms with Gasteiger partial charge in [-0.25, -0.2) is 0 Å². The quantitative estimate of drug-likeness (QED) is 0.827. The van der Waals surface area contributed by atoms with Gasteiger partial charge in [-0.2, -0.15) is 0 Å². The Hall–Kier alpha value is -3.12. The monoisotopic (exact) mass is 366 g/mol. The van der Waals surface area contributed by atoms with E-state index >= 15 is 0 Å². The van der Waals surface area contributed by atoms with Crippen LogP contribution in [0.25, 0.3) is 6.08 Å². The molecule has 0 aliphatic carbocycles. The van der Waals surface area contributed by atoms with Crippen LogP contribution in [0.3, 0.4) is 0 Å². The Balaban J connectivity index is 1.68. The highest BCUT2D eigenvalue weighted by Crippen LogP contribution is 2.18. The van der Waals surface area contributed by atoms with Crippen LogP contribution >= 0.6 is 0 Å². The number of benzene rings is 2. The highest BCUT2D eigenvalue weighted by Gasteiger charge is 2.21. The number of para-hydroxylation sites is 1. The largest absolute Gasteiger partial charge is 0.497 e. The topological polar surface area (TPSA) is 67.9 Å². The van der Waals surface area contributed by atoms with E-state index in [1.807, 2.05) is 24.3 Å². The van der Waals surface area contributed by atoms with E-state index in [0.717, 1.165) is 11.3 Å². The molecule has 140 valence electrons. The maximum absolute atomic E-state index is 12.7. The van der Waals surface area contributed by atoms with Gasteiger partial charge in [-0.15, -0.1) is 0 Å². The highest BCUT2D eigenvalue weighted by atomic mass is 16.5. The molecule has 1 aliphatic rings. The second-order valence-electron chi connectivity index (χ2n) is 6.05. The third kappa shape index (κ3) is 4.95. The lowest BCUT2D eigenvalue weighted by atomic mass is 10.1. The van der Waals surface area contributed by atoms with Crippen molar-refractivity contribution in [3.63, 3.8) is 0 Å². The predicted octanol–water partition coefficient (Wildman–Crippen LogP) is 2.82. The van der Waals surface area contributed by atoms with E-state index in [1.165, 1.54) is 6.08 Å². The Bertz CT molecular complexity index is 824. The number of methoxy groups -OCH3 is 1. The van der Waals surface area contributed by atoms with E-state index in [2.05, 4.69) is 5.32 Å². The molecule has 6 nitrogen and oxygen atoms in total. The molecule has 3 rings (SSSR count). The summed E-state index contributed by atoms with van der Waals surface area (Å²) >= 11 is 0. The van der Waals surface area contributed by atoms with Gasteiger partial charge in [0.05, 0.1) is 31.6 Å². The minimum absolute atomic E-state index is 0.103. The molecule has 1 heterocycles. The van der Waals surface area contributed by atoms with Crippen LogP contribution in [0, 0.1) is 0 Å². The molecule has 1 aliphatic heterocycles. The Morgan fingerprint density at radius 2 is 1.78 bits per heavy atom. The normalized spacial score (nSPS) is 14.2. The van der Waals surface area contributed by atoms with Gasteiger partial charge in [0.2, 0.25) is 5.91 Å². The van der Waals surface area contributed by atoms with E-state index in [-0.39, 0.29) is 11.8 Å². The predicted molar refractivity (Wildman–Crippen MR) is 104 cm³/mol. The maximum atomic E-state index is 12.7. The highest BCUT2D eigenvalue weighted by molar-refractivity contribution is 6.07. The number of morpholine rings is 1. The second kappa shape index (κ2) is 9.00. The number of amides is 2. The molecule has 0 atom stereocenters. The number of hydrogen-bond donors (Lipinski definition) is 1. The summed E-state index contributed by atoms with van der Waals surface area (Å²) in [6.45, 7) is 2.17. The fourth-order valence-electron chi connectivity index (χ4n) is 2.78. The van der Waals surface area contributed by atoms with Crippen LogP contribution in [0.15, 0.2) is 54.6 Å². The van der Waals surface area contributed by atoms with Gasteiger partial charge < -0.3 is 19.7 Å². The second-order valence-corrected chi connectivity index (χ2v) is 6.05. The van der Waals surface area contributed by atoms with Crippen molar-refractivity contribution in [2.24, 2.45) is 0 Å². The molecule has 6 heteroatoms. The molecule has 1 saturated heterocycles. The fraction of sp³-hybridized carbons (Fsp3) is 0.238. The molecule has 0 radical (unpaired) electrons. The first-order chi connectivity index (χ1) is 13.2. The number of carbonyl (C=O) groups is 2. The standard InChI is InChI=1S/C21H22N2O4/c1-26-17-9-6-16(7-10-17)8-11-20(24)22-19-5-3-2-4-18(19)21(25)23-12-14-27-15-13-23/h2-11H,12-15H2,1H3,(H,22,24)/b11-8+. The number of nitrogens with zero attached hydrogens (tertiary/aromatic N) is 1. The maximum Gasteiger partial charge on any atom is 0.256 e. The summed E-state index contributed by atoms with van der Waals surface area (Å²) in [6, 6.07) is 14.4. The third-order valence-corrected chi connectivity index (χ3v) is 4.26. The Morgan fingerprint density at radius 1 is 1.07 bits per heavy atom. The minimum Gasteiger partial charge on any atom is -0.497 e. The van der Waals surface area contributed by atoms with Crippen molar-refractivity contribution in [3.8, 4) is 5.75 Å². The number of carbonyl (C=O) groups excluding carboxylic acids is 2. The summed E-state index contributed by atoms with van der Waals surface area (Å²) < 4.78 is 10.4. The zero-order valence-electron chi connectivity index (χ0n) is 15.2. The molecule has 1 fully saturated rings. The van der Waals surface area contributed by atoms with Gasteiger partial charge in [-0.05, 0) is 35.9 Å². The summed E-state index contributed by atoms with van der Waals surface area (Å²) in [5, 5.41) is 2.79. The van der Waals surface area contributed by atoms with Crippen molar-refractivity contribution >= 4 is 23.6 Å². The van der Waals surface area contributed by atoms with Crippen LogP contribution < -0.4 is 10.1 Å².